The van der Waals surface area contributed by atoms with Crippen molar-refractivity contribution in [3.05, 3.63) is 35.9 Å². The zero-order chi connectivity index (χ0) is 14.6. The number of amides is 1. The van der Waals surface area contributed by atoms with E-state index in [1.807, 2.05) is 49.0 Å². The molecular formula is C16H25ClN2OS. The molecule has 0 aromatic heterocycles. The van der Waals surface area contributed by atoms with Crippen molar-refractivity contribution in [2.24, 2.45) is 11.7 Å². The topological polar surface area (TPSA) is 55.1 Å². The van der Waals surface area contributed by atoms with Crippen molar-refractivity contribution < 1.29 is 4.79 Å². The van der Waals surface area contributed by atoms with Crippen molar-refractivity contribution in [2.75, 3.05) is 12.3 Å². The summed E-state index contributed by atoms with van der Waals surface area (Å²) < 4.78 is 0.201. The van der Waals surface area contributed by atoms with E-state index < -0.39 is 0 Å². The summed E-state index contributed by atoms with van der Waals surface area (Å²) in [4.78, 5) is 12.3. The van der Waals surface area contributed by atoms with Gasteiger partial charge in [-0.2, -0.15) is 11.8 Å². The number of nitrogens with two attached hydrogens (primary N) is 1. The average molecular weight is 329 g/mol. The molecule has 3 atom stereocenters. The lowest BCUT2D eigenvalue weighted by Gasteiger charge is -2.25. The van der Waals surface area contributed by atoms with E-state index in [4.69, 9.17) is 5.73 Å². The van der Waals surface area contributed by atoms with Gasteiger partial charge in [-0.05, 0) is 31.1 Å². The van der Waals surface area contributed by atoms with E-state index in [9.17, 15) is 4.79 Å². The molecule has 1 amide bonds. The second-order valence-corrected chi connectivity index (χ2v) is 7.53. The van der Waals surface area contributed by atoms with Gasteiger partial charge in [-0.1, -0.05) is 37.3 Å². The molecule has 3 N–H and O–H groups in total. The Morgan fingerprint density at radius 1 is 1.43 bits per heavy atom. The molecule has 0 saturated carbocycles. The highest BCUT2D eigenvalue weighted by atomic mass is 35.5. The van der Waals surface area contributed by atoms with Crippen molar-refractivity contribution in [3.8, 4) is 0 Å². The number of carbonyl (C=O) groups is 1. The minimum atomic E-state index is -0.250. The van der Waals surface area contributed by atoms with Gasteiger partial charge in [0.2, 0.25) is 5.91 Å². The summed E-state index contributed by atoms with van der Waals surface area (Å²) in [5, 5.41) is 3.08. The van der Waals surface area contributed by atoms with Gasteiger partial charge in [-0.15, -0.1) is 12.4 Å². The first-order chi connectivity index (χ1) is 9.52. The van der Waals surface area contributed by atoms with Crippen LogP contribution < -0.4 is 11.1 Å². The van der Waals surface area contributed by atoms with Crippen molar-refractivity contribution in [1.82, 2.24) is 5.32 Å². The summed E-state index contributed by atoms with van der Waals surface area (Å²) in [7, 11) is 0. The maximum Gasteiger partial charge on any atom is 0.224 e. The zero-order valence-corrected chi connectivity index (χ0v) is 14.3. The largest absolute Gasteiger partial charge is 0.354 e. The number of hydrogen-bond acceptors (Lipinski definition) is 3. The molecule has 5 heteroatoms. The van der Waals surface area contributed by atoms with Gasteiger partial charge in [-0.25, -0.2) is 0 Å². The van der Waals surface area contributed by atoms with Gasteiger partial charge >= 0.3 is 0 Å². The van der Waals surface area contributed by atoms with Crippen molar-refractivity contribution >= 4 is 30.1 Å². The molecule has 3 nitrogen and oxygen atoms in total. The van der Waals surface area contributed by atoms with Crippen molar-refractivity contribution in [3.63, 3.8) is 0 Å². The van der Waals surface area contributed by atoms with E-state index in [1.165, 1.54) is 18.6 Å². The lowest BCUT2D eigenvalue weighted by Crippen LogP contribution is -2.41. The van der Waals surface area contributed by atoms with Crippen LogP contribution in [0.3, 0.4) is 0 Å². The van der Waals surface area contributed by atoms with Crippen LogP contribution in [0.4, 0.5) is 0 Å². The summed E-state index contributed by atoms with van der Waals surface area (Å²) in [6.07, 6.45) is 2.42. The van der Waals surface area contributed by atoms with E-state index >= 15 is 0 Å². The third kappa shape index (κ3) is 4.90. The molecule has 1 aromatic carbocycles. The minimum absolute atomic E-state index is 0. The molecule has 0 radical (unpaired) electrons. The maximum atomic E-state index is 12.3. The maximum absolute atomic E-state index is 12.3. The molecule has 2 rings (SSSR count). The molecular weight excluding hydrogens is 304 g/mol. The van der Waals surface area contributed by atoms with Gasteiger partial charge in [0.25, 0.3) is 0 Å². The number of carbonyl (C=O) groups excluding carboxylic acids is 1. The fraction of sp³-hybridized carbons (Fsp3) is 0.562. The normalized spacial score (nSPS) is 24.0. The molecule has 1 aliphatic heterocycles. The Kier molecular flexibility index (Phi) is 7.04. The molecule has 0 bridgehead atoms. The fourth-order valence-corrected chi connectivity index (χ4v) is 3.78. The SMILES string of the molecule is CC(C(=O)NCC1(C)CCCS1)C(N)c1ccccc1.Cl. The standard InChI is InChI=1S/C16H24N2OS.ClH/c1-12(14(17)13-7-4-3-5-8-13)15(19)18-11-16(2)9-6-10-20-16;/h3-5,7-8,12,14H,6,9-11,17H2,1-2H3,(H,18,19);1H. The Bertz CT molecular complexity index is 449. The number of rotatable bonds is 5. The van der Waals surface area contributed by atoms with E-state index in [-0.39, 0.29) is 35.0 Å². The molecule has 1 aliphatic rings. The molecule has 1 aromatic rings. The molecule has 1 saturated heterocycles. The summed E-state index contributed by atoms with van der Waals surface area (Å²) in [6, 6.07) is 9.57. The second kappa shape index (κ2) is 8.06. The number of thioether (sulfide) groups is 1. The van der Waals surface area contributed by atoms with Gasteiger partial charge in [-0.3, -0.25) is 4.79 Å². The molecule has 21 heavy (non-hydrogen) atoms. The van der Waals surface area contributed by atoms with Gasteiger partial charge in [0.05, 0.1) is 5.92 Å². The Labute approximate surface area is 137 Å². The highest BCUT2D eigenvalue weighted by Crippen LogP contribution is 2.37. The van der Waals surface area contributed by atoms with Crippen LogP contribution >= 0.6 is 24.2 Å². The van der Waals surface area contributed by atoms with Crippen LogP contribution in [0.1, 0.15) is 38.3 Å². The second-order valence-electron chi connectivity index (χ2n) is 5.84. The van der Waals surface area contributed by atoms with Gasteiger partial charge in [0.15, 0.2) is 0 Å². The first-order valence-corrected chi connectivity index (χ1v) is 8.23. The summed E-state index contributed by atoms with van der Waals surface area (Å²) in [5.41, 5.74) is 7.20. The zero-order valence-electron chi connectivity index (χ0n) is 12.7. The van der Waals surface area contributed by atoms with Crippen LogP contribution in [0.2, 0.25) is 0 Å². The number of benzene rings is 1. The van der Waals surface area contributed by atoms with Gasteiger partial charge < -0.3 is 11.1 Å². The quantitative estimate of drug-likeness (QED) is 0.873. The Morgan fingerprint density at radius 2 is 2.10 bits per heavy atom. The highest BCUT2D eigenvalue weighted by Gasteiger charge is 2.31. The molecule has 0 spiro atoms. The van der Waals surface area contributed by atoms with E-state index in [1.54, 1.807) is 0 Å². The first kappa shape index (κ1) is 18.3. The summed E-state index contributed by atoms with van der Waals surface area (Å²) in [5.74, 6) is 1.04. The van der Waals surface area contributed by atoms with E-state index in [2.05, 4.69) is 12.2 Å². The van der Waals surface area contributed by atoms with Crippen LogP contribution in [0.15, 0.2) is 30.3 Å². The van der Waals surface area contributed by atoms with Crippen LogP contribution in [-0.4, -0.2) is 23.0 Å². The molecule has 0 aliphatic carbocycles. The Balaban J connectivity index is 0.00000220. The number of nitrogens with one attached hydrogen (secondary N) is 1. The summed E-state index contributed by atoms with van der Waals surface area (Å²) in [6.45, 7) is 4.87. The lowest BCUT2D eigenvalue weighted by atomic mass is 9.94. The number of halogens is 1. The molecule has 3 unspecified atom stereocenters. The van der Waals surface area contributed by atoms with Gasteiger partial charge in [0.1, 0.15) is 0 Å². The fourth-order valence-electron chi connectivity index (χ4n) is 2.54. The van der Waals surface area contributed by atoms with E-state index in [0.29, 0.717) is 0 Å². The predicted octanol–water partition coefficient (Wildman–Crippen LogP) is 3.15. The van der Waals surface area contributed by atoms with Crippen LogP contribution in [-0.2, 0) is 4.79 Å². The van der Waals surface area contributed by atoms with Gasteiger partial charge in [0, 0.05) is 17.3 Å². The average Bonchev–Trinajstić information content (AvgIpc) is 2.91. The first-order valence-electron chi connectivity index (χ1n) is 7.24. The third-order valence-electron chi connectivity index (χ3n) is 4.07. The minimum Gasteiger partial charge on any atom is -0.354 e. The summed E-state index contributed by atoms with van der Waals surface area (Å²) >= 11 is 1.96. The van der Waals surface area contributed by atoms with Crippen LogP contribution in [0.5, 0.6) is 0 Å². The monoisotopic (exact) mass is 328 g/mol. The van der Waals surface area contributed by atoms with Crippen LogP contribution in [0.25, 0.3) is 0 Å². The van der Waals surface area contributed by atoms with Crippen LogP contribution in [0, 0.1) is 5.92 Å². The smallest absolute Gasteiger partial charge is 0.224 e. The highest BCUT2D eigenvalue weighted by molar-refractivity contribution is 8.00. The number of hydrogen-bond donors (Lipinski definition) is 2. The Hall–Kier alpha value is -0.710. The predicted molar refractivity (Wildman–Crippen MR) is 92.9 cm³/mol. The molecule has 1 heterocycles. The lowest BCUT2D eigenvalue weighted by molar-refractivity contribution is -0.125. The van der Waals surface area contributed by atoms with Crippen molar-refractivity contribution in [2.45, 2.75) is 37.5 Å². The van der Waals surface area contributed by atoms with E-state index in [0.717, 1.165) is 12.1 Å². The third-order valence-corrected chi connectivity index (χ3v) is 5.61. The Morgan fingerprint density at radius 3 is 2.67 bits per heavy atom. The van der Waals surface area contributed by atoms with Crippen molar-refractivity contribution in [1.29, 1.82) is 0 Å². The molecule has 118 valence electrons. The molecule has 1 fully saturated rings.